The largest absolute Gasteiger partial charge is 0.416 e. The van der Waals surface area contributed by atoms with Crippen LogP contribution in [0, 0.1) is 6.92 Å². The molecule has 8 heteroatoms. The summed E-state index contributed by atoms with van der Waals surface area (Å²) < 4.78 is 53.8. The first-order valence-electron chi connectivity index (χ1n) is 9.37. The van der Waals surface area contributed by atoms with E-state index >= 15 is 0 Å². The van der Waals surface area contributed by atoms with E-state index in [1.807, 2.05) is 44.2 Å². The zero-order chi connectivity index (χ0) is 21.2. The summed E-state index contributed by atoms with van der Waals surface area (Å²) in [6.45, 7) is 5.55. The number of halogens is 3. The zero-order valence-electron chi connectivity index (χ0n) is 16.5. The fourth-order valence-corrected chi connectivity index (χ4v) is 4.90. The van der Waals surface area contributed by atoms with Gasteiger partial charge in [0.25, 0.3) is 0 Å². The summed E-state index contributed by atoms with van der Waals surface area (Å²) >= 11 is 0. The molecule has 0 saturated heterocycles. The van der Waals surface area contributed by atoms with E-state index < -0.39 is 18.9 Å². The third-order valence-electron chi connectivity index (χ3n) is 4.94. The van der Waals surface area contributed by atoms with Crippen molar-refractivity contribution in [3.05, 3.63) is 72.2 Å². The molecule has 154 valence electrons. The van der Waals surface area contributed by atoms with Crippen LogP contribution in [0.1, 0.15) is 25.2 Å². The van der Waals surface area contributed by atoms with Crippen LogP contribution in [0.5, 0.6) is 0 Å². The van der Waals surface area contributed by atoms with E-state index in [1.54, 1.807) is 22.8 Å². The second-order valence-electron chi connectivity index (χ2n) is 6.70. The third-order valence-corrected chi connectivity index (χ3v) is 8.03. The van der Waals surface area contributed by atoms with Gasteiger partial charge in [-0.3, -0.25) is 0 Å². The molecule has 29 heavy (non-hydrogen) atoms. The van der Waals surface area contributed by atoms with Gasteiger partial charge in [-0.05, 0) is 43.3 Å². The molecule has 0 unspecified atom stereocenters. The Kier molecular flexibility index (Phi) is 5.90. The number of imidazole rings is 1. The Labute approximate surface area is 168 Å². The van der Waals surface area contributed by atoms with Crippen LogP contribution in [0.15, 0.2) is 60.8 Å². The number of aromatic nitrogens is 2. The van der Waals surface area contributed by atoms with E-state index in [-0.39, 0.29) is 0 Å². The lowest BCUT2D eigenvalue weighted by molar-refractivity contribution is -0.137. The predicted octanol–water partition coefficient (Wildman–Crippen LogP) is 5.84. The topological polar surface area (TPSA) is 38.1 Å². The van der Waals surface area contributed by atoms with E-state index in [0.29, 0.717) is 29.3 Å². The van der Waals surface area contributed by atoms with Gasteiger partial charge in [-0.25, -0.2) is 14.7 Å². The fourth-order valence-electron chi connectivity index (χ4n) is 3.15. The molecule has 3 rings (SSSR count). The molecule has 1 aromatic heterocycles. The highest BCUT2D eigenvalue weighted by atomic mass is 31.2. The zero-order valence-corrected chi connectivity index (χ0v) is 17.4. The molecule has 0 aliphatic heterocycles. The molecule has 0 aliphatic carbocycles. The maximum Gasteiger partial charge on any atom is 0.416 e. The SMILES string of the molecule is CCP(=O)(CC)c1cn(N(c2ccccc2)c2ccc(C(F)(F)F)cc2)c(C)n1. The van der Waals surface area contributed by atoms with Gasteiger partial charge >= 0.3 is 6.18 Å². The second-order valence-corrected chi connectivity index (χ2v) is 10.2. The first kappa shape index (κ1) is 21.2. The second kappa shape index (κ2) is 8.07. The van der Waals surface area contributed by atoms with Crippen LogP contribution in [-0.2, 0) is 10.7 Å². The summed E-state index contributed by atoms with van der Waals surface area (Å²) in [5.74, 6) is 0.603. The van der Waals surface area contributed by atoms with E-state index in [9.17, 15) is 17.7 Å². The van der Waals surface area contributed by atoms with Crippen molar-refractivity contribution in [1.82, 2.24) is 9.66 Å². The van der Waals surface area contributed by atoms with Crippen molar-refractivity contribution < 1.29 is 17.7 Å². The third kappa shape index (κ3) is 4.25. The van der Waals surface area contributed by atoms with Crippen molar-refractivity contribution in [2.24, 2.45) is 0 Å². The number of nitrogens with zero attached hydrogens (tertiary/aromatic N) is 3. The van der Waals surface area contributed by atoms with Gasteiger partial charge in [-0.1, -0.05) is 32.0 Å². The molecule has 0 N–H and O–H groups in total. The van der Waals surface area contributed by atoms with Crippen molar-refractivity contribution in [3.8, 4) is 0 Å². The molecule has 0 aliphatic rings. The van der Waals surface area contributed by atoms with Crippen molar-refractivity contribution in [2.45, 2.75) is 26.9 Å². The standard InChI is InChI=1S/C21H23F3N3OP/c1-4-29(28,5-2)20-15-26(16(3)25-20)27(18-9-7-6-8-10-18)19-13-11-17(12-14-19)21(22,23)24/h6-15H,4-5H2,1-3H3. The molecule has 2 aromatic carbocycles. The monoisotopic (exact) mass is 421 g/mol. The Morgan fingerprint density at radius 1 is 0.966 bits per heavy atom. The summed E-state index contributed by atoms with van der Waals surface area (Å²) in [7, 11) is -2.60. The van der Waals surface area contributed by atoms with Gasteiger partial charge in [0.05, 0.1) is 23.1 Å². The minimum absolute atomic E-state index is 0.506. The lowest BCUT2D eigenvalue weighted by Crippen LogP contribution is -2.25. The van der Waals surface area contributed by atoms with Gasteiger partial charge in [0.15, 0.2) is 0 Å². The highest BCUT2D eigenvalue weighted by Gasteiger charge is 2.31. The van der Waals surface area contributed by atoms with Crippen LogP contribution in [0.25, 0.3) is 0 Å². The van der Waals surface area contributed by atoms with Crippen LogP contribution < -0.4 is 10.4 Å². The average Bonchev–Trinajstić information content (AvgIpc) is 3.10. The summed E-state index contributed by atoms with van der Waals surface area (Å²) in [6, 6.07) is 14.2. The quantitative estimate of drug-likeness (QED) is 0.470. The van der Waals surface area contributed by atoms with Crippen molar-refractivity contribution >= 4 is 24.0 Å². The van der Waals surface area contributed by atoms with Gasteiger partial charge in [0.2, 0.25) is 0 Å². The van der Waals surface area contributed by atoms with Crippen LogP contribution in [0.3, 0.4) is 0 Å². The number of para-hydroxylation sites is 1. The molecule has 0 radical (unpaired) electrons. The van der Waals surface area contributed by atoms with Crippen molar-refractivity contribution in [3.63, 3.8) is 0 Å². The summed E-state index contributed by atoms with van der Waals surface area (Å²) in [4.78, 5) is 4.53. The summed E-state index contributed by atoms with van der Waals surface area (Å²) in [6.07, 6.45) is -1.66. The highest BCUT2D eigenvalue weighted by Crippen LogP contribution is 2.43. The van der Waals surface area contributed by atoms with Crippen molar-refractivity contribution in [2.75, 3.05) is 17.3 Å². The van der Waals surface area contributed by atoms with E-state index in [1.165, 1.54) is 12.1 Å². The van der Waals surface area contributed by atoms with Gasteiger partial charge in [-0.15, -0.1) is 0 Å². The first-order chi connectivity index (χ1) is 13.7. The number of rotatable bonds is 6. The number of hydrogen-bond acceptors (Lipinski definition) is 3. The summed E-state index contributed by atoms with van der Waals surface area (Å²) in [5, 5.41) is 1.77. The number of alkyl halides is 3. The van der Waals surface area contributed by atoms with Gasteiger partial charge in [-0.2, -0.15) is 13.2 Å². The molecule has 0 bridgehead atoms. The maximum atomic E-state index is 13.1. The van der Waals surface area contributed by atoms with Crippen LogP contribution >= 0.6 is 7.14 Å². The molecule has 3 aromatic rings. The maximum absolute atomic E-state index is 13.1. The van der Waals surface area contributed by atoms with E-state index in [2.05, 4.69) is 4.98 Å². The van der Waals surface area contributed by atoms with E-state index in [0.717, 1.165) is 17.8 Å². The van der Waals surface area contributed by atoms with Gasteiger partial charge < -0.3 is 4.57 Å². The Balaban J connectivity index is 2.14. The average molecular weight is 421 g/mol. The van der Waals surface area contributed by atoms with Crippen LogP contribution in [0.4, 0.5) is 24.5 Å². The van der Waals surface area contributed by atoms with Gasteiger partial charge in [0.1, 0.15) is 18.4 Å². The molecule has 0 spiro atoms. The molecule has 0 amide bonds. The number of anilines is 2. The lowest BCUT2D eigenvalue weighted by atomic mass is 10.2. The molecule has 0 fully saturated rings. The number of hydrogen-bond donors (Lipinski definition) is 0. The Hall–Kier alpha value is -2.53. The Morgan fingerprint density at radius 3 is 2.03 bits per heavy atom. The molecular formula is C21H23F3N3OP. The highest BCUT2D eigenvalue weighted by molar-refractivity contribution is 7.71. The first-order valence-corrected chi connectivity index (χ1v) is 11.4. The van der Waals surface area contributed by atoms with Gasteiger partial charge in [0, 0.05) is 12.3 Å². The minimum atomic E-state index is -4.40. The number of benzene rings is 2. The van der Waals surface area contributed by atoms with Crippen molar-refractivity contribution in [1.29, 1.82) is 0 Å². The lowest BCUT2D eigenvalue weighted by Gasteiger charge is -2.27. The molecule has 4 nitrogen and oxygen atoms in total. The fraction of sp³-hybridized carbons (Fsp3) is 0.286. The Morgan fingerprint density at radius 2 is 1.52 bits per heavy atom. The smallest absolute Gasteiger partial charge is 0.317 e. The van der Waals surface area contributed by atoms with E-state index in [4.69, 9.17) is 0 Å². The van der Waals surface area contributed by atoms with Crippen LogP contribution in [-0.4, -0.2) is 22.0 Å². The molecule has 0 saturated carbocycles. The molecular weight excluding hydrogens is 398 g/mol. The minimum Gasteiger partial charge on any atom is -0.317 e. The predicted molar refractivity (Wildman–Crippen MR) is 111 cm³/mol. The normalized spacial score (nSPS) is 12.2. The Bertz CT molecular complexity index is 1010. The molecule has 0 atom stereocenters. The molecule has 1 heterocycles. The number of aryl methyl sites for hydroxylation is 1. The summed E-state index contributed by atoms with van der Waals surface area (Å²) in [5.41, 5.74) is 1.12. The van der Waals surface area contributed by atoms with Crippen LogP contribution in [0.2, 0.25) is 0 Å².